The molecule has 0 aromatic carbocycles. The summed E-state index contributed by atoms with van der Waals surface area (Å²) in [5.41, 5.74) is 0. The number of carbonyl (C=O) groups excluding carboxylic acids is 1. The molecule has 0 rings (SSSR count). The summed E-state index contributed by atoms with van der Waals surface area (Å²) < 4.78 is 23.4. The van der Waals surface area contributed by atoms with Gasteiger partial charge in [0.2, 0.25) is 5.91 Å². The number of unbranched alkanes of at least 4 members (excludes halogenated alkanes) is 49. The zero-order chi connectivity index (χ0) is 58.4. The van der Waals surface area contributed by atoms with Crippen molar-refractivity contribution in [2.45, 2.75) is 373 Å². The van der Waals surface area contributed by atoms with E-state index in [0.717, 1.165) is 44.9 Å². The van der Waals surface area contributed by atoms with E-state index in [1.54, 1.807) is 6.08 Å². The van der Waals surface area contributed by atoms with E-state index < -0.39 is 20.0 Å². The molecule has 0 radical (unpaired) electrons. The Morgan fingerprint density at radius 3 is 1.04 bits per heavy atom. The van der Waals surface area contributed by atoms with Gasteiger partial charge in [0.15, 0.2) is 0 Å². The summed E-state index contributed by atoms with van der Waals surface area (Å²) in [5.74, 6) is -0.191. The van der Waals surface area contributed by atoms with Gasteiger partial charge >= 0.3 is 0 Å². The number of phosphoric acid groups is 1. The molecular weight excluding hydrogens is 1010 g/mol. The molecule has 0 bridgehead atoms. The first-order chi connectivity index (χ1) is 39.0. The fourth-order valence-electron chi connectivity index (χ4n) is 10.8. The van der Waals surface area contributed by atoms with Crippen LogP contribution in [-0.4, -0.2) is 68.5 Å². The fraction of sp³-hybridized carbons (Fsp3) is 0.901. The highest BCUT2D eigenvalue weighted by molar-refractivity contribution is 7.45. The summed E-state index contributed by atoms with van der Waals surface area (Å²) in [6.45, 7) is 4.70. The molecule has 0 aromatic heterocycles. The van der Waals surface area contributed by atoms with Crippen LogP contribution in [0.3, 0.4) is 0 Å². The molecule has 0 aliphatic rings. The first-order valence-corrected chi connectivity index (χ1v) is 36.8. The summed E-state index contributed by atoms with van der Waals surface area (Å²) in [4.78, 5) is 25.6. The van der Waals surface area contributed by atoms with Crippen LogP contribution in [0.4, 0.5) is 0 Å². The van der Waals surface area contributed by atoms with E-state index in [4.69, 9.17) is 9.05 Å². The van der Waals surface area contributed by atoms with Crippen molar-refractivity contribution in [1.29, 1.82) is 0 Å². The Bertz CT molecular complexity index is 1400. The number of nitrogens with zero attached hydrogens (tertiary/aromatic N) is 1. The zero-order valence-corrected chi connectivity index (χ0v) is 55.2. The highest BCUT2D eigenvalue weighted by atomic mass is 31.2. The summed E-state index contributed by atoms with van der Waals surface area (Å²) >= 11 is 0. The normalized spacial score (nSPS) is 13.8. The molecule has 9 heteroatoms. The number of nitrogens with one attached hydrogen (secondary N) is 1. The number of amides is 1. The largest absolute Gasteiger partial charge is 0.756 e. The van der Waals surface area contributed by atoms with Crippen molar-refractivity contribution in [3.05, 3.63) is 36.5 Å². The molecule has 0 heterocycles. The Hall–Kier alpha value is -1.28. The summed E-state index contributed by atoms with van der Waals surface area (Å²) in [5, 5.41) is 13.9. The van der Waals surface area contributed by atoms with Crippen molar-refractivity contribution < 1.29 is 32.9 Å². The minimum atomic E-state index is -4.60. The minimum absolute atomic E-state index is 0.000643. The van der Waals surface area contributed by atoms with Crippen molar-refractivity contribution >= 4 is 13.7 Å². The predicted molar refractivity (Wildman–Crippen MR) is 348 cm³/mol. The highest BCUT2D eigenvalue weighted by Gasteiger charge is 2.23. The van der Waals surface area contributed by atoms with E-state index >= 15 is 0 Å². The van der Waals surface area contributed by atoms with E-state index in [0.29, 0.717) is 17.4 Å². The standard InChI is InChI=1S/C71H139N2O6P/c1-6-8-10-12-14-16-18-20-22-24-26-27-28-29-30-31-32-33-34-35-36-37-38-39-40-41-42-43-44-45-47-49-51-53-55-57-59-61-63-65-71(75)72-69(68-79-80(76,77)78-67-66-73(3,4)5)70(74)64-62-60-58-56-54-52-50-48-46-25-23-21-19-17-15-13-11-9-7-2/h32-33,35-36,62,64,69-70,74H,6-31,34,37-61,63,65-68H2,1-5H3,(H-,72,75,76,77)/b33-32-,36-35-,64-62+. The molecule has 0 fully saturated rings. The molecule has 1 amide bonds. The van der Waals surface area contributed by atoms with Crippen LogP contribution in [0.25, 0.3) is 0 Å². The Morgan fingerprint density at radius 2 is 0.725 bits per heavy atom. The number of rotatable bonds is 66. The van der Waals surface area contributed by atoms with Gasteiger partial charge in [-0.05, 0) is 51.4 Å². The maximum Gasteiger partial charge on any atom is 0.268 e. The van der Waals surface area contributed by atoms with Crippen molar-refractivity contribution in [3.8, 4) is 0 Å². The van der Waals surface area contributed by atoms with Crippen molar-refractivity contribution in [1.82, 2.24) is 5.32 Å². The highest BCUT2D eigenvalue weighted by Crippen LogP contribution is 2.38. The minimum Gasteiger partial charge on any atom is -0.756 e. The summed E-state index contributed by atoms with van der Waals surface area (Å²) in [6.07, 6.45) is 82.8. The number of quaternary nitrogens is 1. The van der Waals surface area contributed by atoms with Gasteiger partial charge in [-0.3, -0.25) is 9.36 Å². The number of hydrogen-bond donors (Lipinski definition) is 2. The maximum absolute atomic E-state index is 13.0. The molecule has 0 saturated carbocycles. The number of aliphatic hydroxyl groups is 1. The Balaban J connectivity index is 3.95. The number of likely N-dealkylation sites (N-methyl/N-ethyl adjacent to an activating group) is 1. The second-order valence-corrected chi connectivity index (χ2v) is 27.0. The quantitative estimate of drug-likeness (QED) is 0.0272. The molecule has 80 heavy (non-hydrogen) atoms. The smallest absolute Gasteiger partial charge is 0.268 e. The van der Waals surface area contributed by atoms with Crippen LogP contribution in [0.15, 0.2) is 36.5 Å². The number of carbonyl (C=O) groups is 1. The molecule has 2 N–H and O–H groups in total. The second-order valence-electron chi connectivity index (χ2n) is 25.6. The van der Waals surface area contributed by atoms with Gasteiger partial charge in [0.1, 0.15) is 13.2 Å². The van der Waals surface area contributed by atoms with Crippen molar-refractivity contribution in [2.75, 3.05) is 40.9 Å². The Labute approximate surface area is 499 Å². The molecule has 0 aliphatic heterocycles. The van der Waals surface area contributed by atoms with Gasteiger partial charge in [0.05, 0.1) is 39.9 Å². The van der Waals surface area contributed by atoms with Crippen LogP contribution < -0.4 is 10.2 Å². The number of allylic oxidation sites excluding steroid dienone is 5. The predicted octanol–water partition coefficient (Wildman–Crippen LogP) is 21.8. The third-order valence-corrected chi connectivity index (χ3v) is 17.3. The van der Waals surface area contributed by atoms with E-state index in [9.17, 15) is 19.4 Å². The SMILES string of the molecule is CCCCCCCCCCCCCCCCC/C=C\C/C=C\CCCCCCCCCCCCCCCCCCCC(=O)NC(COP(=O)([O-])OCC[N+](C)(C)C)C(O)/C=C/CCCCCCCCCCCCCCCCCCC. The van der Waals surface area contributed by atoms with Gasteiger partial charge in [-0.1, -0.05) is 339 Å². The van der Waals surface area contributed by atoms with Crippen LogP contribution in [0.2, 0.25) is 0 Å². The second kappa shape index (κ2) is 62.3. The summed E-state index contributed by atoms with van der Waals surface area (Å²) in [7, 11) is 1.28. The van der Waals surface area contributed by atoms with Gasteiger partial charge < -0.3 is 28.8 Å². The van der Waals surface area contributed by atoms with Crippen LogP contribution >= 0.6 is 7.82 Å². The molecule has 0 aliphatic carbocycles. The van der Waals surface area contributed by atoms with Gasteiger partial charge in [0.25, 0.3) is 7.82 Å². The Morgan fingerprint density at radius 1 is 0.438 bits per heavy atom. The summed E-state index contributed by atoms with van der Waals surface area (Å²) in [6, 6.07) is -0.886. The number of aliphatic hydroxyl groups excluding tert-OH is 1. The number of phosphoric ester groups is 1. The lowest BCUT2D eigenvalue weighted by atomic mass is 10.0. The van der Waals surface area contributed by atoms with Crippen molar-refractivity contribution in [2.24, 2.45) is 0 Å². The first kappa shape index (κ1) is 78.7. The van der Waals surface area contributed by atoms with Gasteiger partial charge in [0, 0.05) is 6.42 Å². The lowest BCUT2D eigenvalue weighted by Crippen LogP contribution is -2.45. The van der Waals surface area contributed by atoms with Crippen LogP contribution in [0, 0.1) is 0 Å². The monoisotopic (exact) mass is 1150 g/mol. The molecule has 474 valence electrons. The molecule has 3 unspecified atom stereocenters. The maximum atomic E-state index is 13.0. The van der Waals surface area contributed by atoms with E-state index in [1.807, 2.05) is 27.2 Å². The van der Waals surface area contributed by atoms with E-state index in [2.05, 4.69) is 43.5 Å². The Kier molecular flexibility index (Phi) is 61.3. The molecule has 3 atom stereocenters. The van der Waals surface area contributed by atoms with Crippen LogP contribution in [-0.2, 0) is 18.4 Å². The average molecular weight is 1150 g/mol. The first-order valence-electron chi connectivity index (χ1n) is 35.4. The lowest BCUT2D eigenvalue weighted by molar-refractivity contribution is -0.870. The molecule has 8 nitrogen and oxygen atoms in total. The molecule has 0 spiro atoms. The van der Waals surface area contributed by atoms with Crippen molar-refractivity contribution in [3.63, 3.8) is 0 Å². The van der Waals surface area contributed by atoms with Gasteiger partial charge in [-0.2, -0.15) is 0 Å². The fourth-order valence-corrected chi connectivity index (χ4v) is 11.6. The topological polar surface area (TPSA) is 108 Å². The van der Waals surface area contributed by atoms with Crippen LogP contribution in [0.1, 0.15) is 361 Å². The van der Waals surface area contributed by atoms with E-state index in [1.165, 1.54) is 295 Å². The third kappa shape index (κ3) is 64.3. The van der Waals surface area contributed by atoms with Crippen LogP contribution in [0.5, 0.6) is 0 Å². The molecule has 0 saturated heterocycles. The van der Waals surface area contributed by atoms with Gasteiger partial charge in [-0.15, -0.1) is 0 Å². The average Bonchev–Trinajstić information content (AvgIpc) is 3.42. The lowest BCUT2D eigenvalue weighted by Gasteiger charge is -2.29. The zero-order valence-electron chi connectivity index (χ0n) is 54.3. The number of hydrogen-bond acceptors (Lipinski definition) is 6. The third-order valence-electron chi connectivity index (χ3n) is 16.3. The molecular formula is C71H139N2O6P. The van der Waals surface area contributed by atoms with Gasteiger partial charge in [-0.25, -0.2) is 0 Å². The van der Waals surface area contributed by atoms with E-state index in [-0.39, 0.29) is 19.1 Å². The molecule has 0 aromatic rings.